The van der Waals surface area contributed by atoms with Gasteiger partial charge in [0.2, 0.25) is 0 Å². The van der Waals surface area contributed by atoms with Crippen molar-refractivity contribution in [2.45, 2.75) is 6.17 Å². The largest absolute Gasteiger partial charge is 0.493 e. The number of hydrogen-bond donors (Lipinski definition) is 2. The Balaban J connectivity index is 2.03. The Bertz CT molecular complexity index is 733. The maximum Gasteiger partial charge on any atom is 0.255 e. The van der Waals surface area contributed by atoms with Gasteiger partial charge in [-0.15, -0.1) is 0 Å². The predicted octanol–water partition coefficient (Wildman–Crippen LogP) is 3.21. The summed E-state index contributed by atoms with van der Waals surface area (Å²) in [5.74, 6) is 1.02. The Hall–Kier alpha value is -2.40. The third kappa shape index (κ3) is 2.44. The van der Waals surface area contributed by atoms with Crippen LogP contribution in [0.25, 0.3) is 0 Å². The molecule has 22 heavy (non-hydrogen) atoms. The van der Waals surface area contributed by atoms with Crippen LogP contribution in [0.1, 0.15) is 22.1 Å². The van der Waals surface area contributed by atoms with E-state index in [0.29, 0.717) is 27.8 Å². The Morgan fingerprint density at radius 2 is 1.91 bits per heavy atom. The van der Waals surface area contributed by atoms with Crippen LogP contribution < -0.4 is 20.1 Å². The summed E-state index contributed by atoms with van der Waals surface area (Å²) in [4.78, 5) is 12.3. The van der Waals surface area contributed by atoms with Crippen LogP contribution >= 0.6 is 11.6 Å². The number of benzene rings is 2. The monoisotopic (exact) mass is 318 g/mol. The quantitative estimate of drug-likeness (QED) is 0.912. The van der Waals surface area contributed by atoms with Gasteiger partial charge in [-0.25, -0.2) is 0 Å². The molecule has 1 aliphatic rings. The smallest absolute Gasteiger partial charge is 0.255 e. The molecule has 0 aromatic heterocycles. The zero-order chi connectivity index (χ0) is 15.7. The van der Waals surface area contributed by atoms with E-state index in [0.717, 1.165) is 5.56 Å². The molecule has 1 heterocycles. The summed E-state index contributed by atoms with van der Waals surface area (Å²) in [6, 6.07) is 10.6. The molecule has 0 saturated carbocycles. The molecule has 6 heteroatoms. The number of anilines is 1. The first-order chi connectivity index (χ1) is 10.6. The van der Waals surface area contributed by atoms with Gasteiger partial charge in [-0.05, 0) is 24.3 Å². The van der Waals surface area contributed by atoms with Gasteiger partial charge in [-0.3, -0.25) is 4.79 Å². The maximum absolute atomic E-state index is 12.3. The first kappa shape index (κ1) is 14.5. The van der Waals surface area contributed by atoms with Crippen LogP contribution in [0.2, 0.25) is 5.02 Å². The minimum absolute atomic E-state index is 0.166. The molecule has 0 bridgehead atoms. The van der Waals surface area contributed by atoms with Crippen LogP contribution in [0.15, 0.2) is 36.4 Å². The lowest BCUT2D eigenvalue weighted by Gasteiger charge is -2.29. The molecule has 0 saturated heterocycles. The molecule has 1 aliphatic heterocycles. The molecule has 1 unspecified atom stereocenters. The number of methoxy groups -OCH3 is 2. The van der Waals surface area contributed by atoms with Crippen molar-refractivity contribution in [1.82, 2.24) is 5.32 Å². The van der Waals surface area contributed by atoms with Gasteiger partial charge in [0.25, 0.3) is 5.91 Å². The van der Waals surface area contributed by atoms with E-state index in [1.54, 1.807) is 38.5 Å². The average molecular weight is 319 g/mol. The van der Waals surface area contributed by atoms with E-state index in [9.17, 15) is 4.79 Å². The molecule has 0 fully saturated rings. The second kappa shape index (κ2) is 5.77. The number of amides is 1. The summed E-state index contributed by atoms with van der Waals surface area (Å²) in [5, 5.41) is 6.73. The van der Waals surface area contributed by atoms with Gasteiger partial charge in [0, 0.05) is 10.6 Å². The van der Waals surface area contributed by atoms with E-state index >= 15 is 0 Å². The first-order valence-corrected chi connectivity index (χ1v) is 7.09. The third-order valence-corrected chi connectivity index (χ3v) is 3.78. The third-order valence-electron chi connectivity index (χ3n) is 3.55. The lowest BCUT2D eigenvalue weighted by atomic mass is 10.0. The molecule has 2 N–H and O–H groups in total. The van der Waals surface area contributed by atoms with E-state index in [1.807, 2.05) is 12.1 Å². The van der Waals surface area contributed by atoms with Crippen molar-refractivity contribution in [3.63, 3.8) is 0 Å². The number of carbonyl (C=O) groups is 1. The second-order valence-electron chi connectivity index (χ2n) is 4.82. The van der Waals surface area contributed by atoms with Crippen molar-refractivity contribution in [1.29, 1.82) is 0 Å². The van der Waals surface area contributed by atoms with Crippen LogP contribution in [-0.4, -0.2) is 20.1 Å². The molecule has 2 aromatic carbocycles. The van der Waals surface area contributed by atoms with Crippen molar-refractivity contribution < 1.29 is 14.3 Å². The van der Waals surface area contributed by atoms with Gasteiger partial charge >= 0.3 is 0 Å². The van der Waals surface area contributed by atoms with Gasteiger partial charge in [-0.2, -0.15) is 0 Å². The first-order valence-electron chi connectivity index (χ1n) is 6.72. The molecule has 2 aromatic rings. The lowest BCUT2D eigenvalue weighted by Crippen LogP contribution is -2.38. The molecule has 0 aliphatic carbocycles. The minimum Gasteiger partial charge on any atom is -0.493 e. The molecule has 114 valence electrons. The summed E-state index contributed by atoms with van der Waals surface area (Å²) >= 11 is 6.01. The fourth-order valence-electron chi connectivity index (χ4n) is 2.53. The van der Waals surface area contributed by atoms with Crippen LogP contribution in [0.5, 0.6) is 11.5 Å². The molecule has 1 atom stereocenters. The summed E-state index contributed by atoms with van der Waals surface area (Å²) in [5.41, 5.74) is 2.02. The maximum atomic E-state index is 12.3. The molecule has 0 spiro atoms. The van der Waals surface area contributed by atoms with Gasteiger partial charge < -0.3 is 20.1 Å². The molecular weight excluding hydrogens is 304 g/mol. The Labute approximate surface area is 133 Å². The number of rotatable bonds is 3. The number of carbonyl (C=O) groups excluding carboxylic acids is 1. The number of halogens is 1. The van der Waals surface area contributed by atoms with Gasteiger partial charge in [-0.1, -0.05) is 23.7 Å². The SMILES string of the molecule is COc1cccc(C2NC(=O)c3ccc(Cl)cc3N2)c1OC. The molecule has 1 amide bonds. The number of ether oxygens (including phenoxy) is 2. The zero-order valence-electron chi connectivity index (χ0n) is 12.1. The predicted molar refractivity (Wildman–Crippen MR) is 84.8 cm³/mol. The van der Waals surface area contributed by atoms with E-state index in [4.69, 9.17) is 21.1 Å². The number of para-hydroxylation sites is 1. The van der Waals surface area contributed by atoms with Gasteiger partial charge in [0.15, 0.2) is 11.5 Å². The fraction of sp³-hybridized carbons (Fsp3) is 0.188. The van der Waals surface area contributed by atoms with Gasteiger partial charge in [0.05, 0.1) is 25.5 Å². The summed E-state index contributed by atoms with van der Waals surface area (Å²) < 4.78 is 10.7. The number of hydrogen-bond acceptors (Lipinski definition) is 4. The van der Waals surface area contributed by atoms with Crippen molar-refractivity contribution in [3.8, 4) is 11.5 Å². The van der Waals surface area contributed by atoms with E-state index in [-0.39, 0.29) is 5.91 Å². The molecule has 3 rings (SSSR count). The number of fused-ring (bicyclic) bond motifs is 1. The van der Waals surface area contributed by atoms with E-state index in [1.165, 1.54) is 0 Å². The number of nitrogens with one attached hydrogen (secondary N) is 2. The normalized spacial score (nSPS) is 16.3. The van der Waals surface area contributed by atoms with Crippen LogP contribution in [0.3, 0.4) is 0 Å². The minimum atomic E-state index is -0.427. The second-order valence-corrected chi connectivity index (χ2v) is 5.26. The highest BCUT2D eigenvalue weighted by molar-refractivity contribution is 6.31. The Morgan fingerprint density at radius 1 is 1.09 bits per heavy atom. The standard InChI is InChI=1S/C16H15ClN2O3/c1-21-13-5-3-4-11(14(13)22-2)15-18-12-8-9(17)6-7-10(12)16(20)19-15/h3-8,15,18H,1-2H3,(H,19,20). The van der Waals surface area contributed by atoms with Crippen molar-refractivity contribution in [2.75, 3.05) is 19.5 Å². The van der Waals surface area contributed by atoms with Gasteiger partial charge in [0.1, 0.15) is 6.17 Å². The zero-order valence-corrected chi connectivity index (χ0v) is 12.9. The van der Waals surface area contributed by atoms with E-state index < -0.39 is 6.17 Å². The van der Waals surface area contributed by atoms with Crippen LogP contribution in [0.4, 0.5) is 5.69 Å². The highest BCUT2D eigenvalue weighted by atomic mass is 35.5. The summed E-state index contributed by atoms with van der Waals surface area (Å²) in [6.07, 6.45) is -0.427. The molecule has 5 nitrogen and oxygen atoms in total. The summed E-state index contributed by atoms with van der Waals surface area (Å²) in [6.45, 7) is 0. The highest BCUT2D eigenvalue weighted by Crippen LogP contribution is 2.37. The molecular formula is C16H15ClN2O3. The van der Waals surface area contributed by atoms with Crippen molar-refractivity contribution in [3.05, 3.63) is 52.5 Å². The van der Waals surface area contributed by atoms with Crippen LogP contribution in [-0.2, 0) is 0 Å². The Kier molecular flexibility index (Phi) is 3.81. The highest BCUT2D eigenvalue weighted by Gasteiger charge is 2.27. The molecule has 0 radical (unpaired) electrons. The topological polar surface area (TPSA) is 59.6 Å². The van der Waals surface area contributed by atoms with Crippen LogP contribution in [0, 0.1) is 0 Å². The lowest BCUT2D eigenvalue weighted by molar-refractivity contribution is 0.0935. The van der Waals surface area contributed by atoms with Crippen molar-refractivity contribution in [2.24, 2.45) is 0 Å². The van der Waals surface area contributed by atoms with E-state index in [2.05, 4.69) is 10.6 Å². The van der Waals surface area contributed by atoms with Crippen molar-refractivity contribution >= 4 is 23.2 Å². The summed E-state index contributed by atoms with van der Waals surface area (Å²) in [7, 11) is 3.14. The average Bonchev–Trinajstić information content (AvgIpc) is 2.53. The fourth-order valence-corrected chi connectivity index (χ4v) is 2.70. The Morgan fingerprint density at radius 3 is 2.64 bits per heavy atom.